The van der Waals surface area contributed by atoms with Crippen molar-refractivity contribution in [2.75, 3.05) is 0 Å². The van der Waals surface area contributed by atoms with Gasteiger partial charge in [-0.3, -0.25) is 4.98 Å². The van der Waals surface area contributed by atoms with Crippen molar-refractivity contribution >= 4 is 11.6 Å². The minimum absolute atomic E-state index is 0.383. The fourth-order valence-electron chi connectivity index (χ4n) is 1.23. The molecule has 2 N–H and O–H groups in total. The molecule has 5 heteroatoms. The highest BCUT2D eigenvalue weighted by Crippen LogP contribution is 2.13. The molecule has 0 aliphatic rings. The van der Waals surface area contributed by atoms with E-state index in [0.717, 1.165) is 11.4 Å². The first-order valence-electron chi connectivity index (χ1n) is 4.16. The molecule has 72 valence electrons. The highest BCUT2D eigenvalue weighted by atomic mass is 35.5. The molecule has 0 aliphatic heterocycles. The highest BCUT2D eigenvalue weighted by Gasteiger charge is 2.04. The van der Waals surface area contributed by atoms with E-state index in [2.05, 4.69) is 10.1 Å². The summed E-state index contributed by atoms with van der Waals surface area (Å²) in [6.45, 7) is 0.383. The first-order chi connectivity index (χ1) is 6.81. The van der Waals surface area contributed by atoms with Gasteiger partial charge in [0.15, 0.2) is 0 Å². The van der Waals surface area contributed by atoms with Crippen LogP contribution in [0.5, 0.6) is 0 Å². The van der Waals surface area contributed by atoms with E-state index in [1.54, 1.807) is 23.3 Å². The van der Waals surface area contributed by atoms with E-state index in [4.69, 9.17) is 17.3 Å². The molecule has 2 heterocycles. The number of hydrogen-bond donors (Lipinski definition) is 1. The topological polar surface area (TPSA) is 56.7 Å². The fourth-order valence-corrected chi connectivity index (χ4v) is 1.36. The van der Waals surface area contributed by atoms with E-state index in [1.165, 1.54) is 0 Å². The van der Waals surface area contributed by atoms with Crippen LogP contribution in [0.2, 0.25) is 5.02 Å². The predicted octanol–water partition coefficient (Wildman–Crippen LogP) is 1.38. The third kappa shape index (κ3) is 1.62. The van der Waals surface area contributed by atoms with Gasteiger partial charge in [-0.2, -0.15) is 5.10 Å². The lowest BCUT2D eigenvalue weighted by molar-refractivity contribution is 0.839. The Balaban J connectivity index is 2.50. The Labute approximate surface area is 86.3 Å². The number of rotatable bonds is 2. The van der Waals surface area contributed by atoms with Crippen LogP contribution in [0.1, 0.15) is 5.69 Å². The fraction of sp³-hybridized carbons (Fsp3) is 0.111. The number of nitrogens with two attached hydrogens (primary N) is 1. The summed E-state index contributed by atoms with van der Waals surface area (Å²) in [5.41, 5.74) is 7.22. The molecule has 2 aromatic heterocycles. The molecule has 0 aliphatic carbocycles. The molecule has 0 unspecified atom stereocenters. The van der Waals surface area contributed by atoms with Gasteiger partial charge in [0.25, 0.3) is 0 Å². The quantitative estimate of drug-likeness (QED) is 0.811. The molecular weight excluding hydrogens is 200 g/mol. The minimum Gasteiger partial charge on any atom is -0.325 e. The lowest BCUT2D eigenvalue weighted by Crippen LogP contribution is -2.06. The van der Waals surface area contributed by atoms with Crippen molar-refractivity contribution in [3.8, 4) is 5.69 Å². The van der Waals surface area contributed by atoms with Crippen molar-refractivity contribution in [3.05, 3.63) is 41.4 Å². The summed E-state index contributed by atoms with van der Waals surface area (Å²) in [6, 6.07) is 3.74. The van der Waals surface area contributed by atoms with Crippen molar-refractivity contribution in [2.45, 2.75) is 6.54 Å². The first-order valence-corrected chi connectivity index (χ1v) is 4.53. The Hall–Kier alpha value is -1.39. The van der Waals surface area contributed by atoms with E-state index in [9.17, 15) is 0 Å². The van der Waals surface area contributed by atoms with Crippen LogP contribution in [-0.4, -0.2) is 14.8 Å². The maximum absolute atomic E-state index is 5.77. The van der Waals surface area contributed by atoms with Crippen LogP contribution in [0.15, 0.2) is 30.7 Å². The molecule has 0 saturated carbocycles. The van der Waals surface area contributed by atoms with E-state index in [0.29, 0.717) is 11.6 Å². The number of pyridine rings is 1. The molecule has 2 rings (SSSR count). The van der Waals surface area contributed by atoms with Gasteiger partial charge in [-0.1, -0.05) is 11.6 Å². The zero-order valence-electron chi connectivity index (χ0n) is 7.39. The van der Waals surface area contributed by atoms with E-state index in [-0.39, 0.29) is 0 Å². The van der Waals surface area contributed by atoms with Gasteiger partial charge in [0.1, 0.15) is 0 Å². The van der Waals surface area contributed by atoms with Crippen LogP contribution < -0.4 is 5.73 Å². The molecule has 0 spiro atoms. The van der Waals surface area contributed by atoms with Crippen molar-refractivity contribution in [1.82, 2.24) is 14.8 Å². The molecule has 0 radical (unpaired) electrons. The SMILES string of the molecule is NCc1ncccc1-n1cc(Cl)cn1. The lowest BCUT2D eigenvalue weighted by atomic mass is 10.3. The zero-order valence-corrected chi connectivity index (χ0v) is 8.15. The van der Waals surface area contributed by atoms with Crippen LogP contribution >= 0.6 is 11.6 Å². The van der Waals surface area contributed by atoms with Gasteiger partial charge in [0.05, 0.1) is 22.6 Å². The van der Waals surface area contributed by atoms with Gasteiger partial charge in [0.2, 0.25) is 0 Å². The minimum atomic E-state index is 0.383. The van der Waals surface area contributed by atoms with Crippen molar-refractivity contribution in [2.24, 2.45) is 5.73 Å². The normalized spacial score (nSPS) is 10.4. The number of aromatic nitrogens is 3. The Morgan fingerprint density at radius 1 is 1.50 bits per heavy atom. The standard InChI is InChI=1S/C9H9ClN4/c10-7-5-13-14(6-7)9-2-1-3-12-8(9)4-11/h1-3,5-6H,4,11H2. The van der Waals surface area contributed by atoms with E-state index in [1.807, 2.05) is 12.1 Å². The maximum atomic E-state index is 5.77. The Bertz CT molecular complexity index is 438. The molecule has 2 aromatic rings. The summed E-state index contributed by atoms with van der Waals surface area (Å²) in [4.78, 5) is 4.15. The highest BCUT2D eigenvalue weighted by molar-refractivity contribution is 6.30. The monoisotopic (exact) mass is 208 g/mol. The van der Waals surface area contributed by atoms with Crippen molar-refractivity contribution in [3.63, 3.8) is 0 Å². The number of halogens is 1. The second kappa shape index (κ2) is 3.77. The number of nitrogens with zero attached hydrogens (tertiary/aromatic N) is 3. The van der Waals surface area contributed by atoms with Gasteiger partial charge in [0, 0.05) is 18.9 Å². The third-order valence-corrected chi connectivity index (χ3v) is 2.05. The number of hydrogen-bond acceptors (Lipinski definition) is 3. The smallest absolute Gasteiger partial charge is 0.0874 e. The Morgan fingerprint density at radius 2 is 2.36 bits per heavy atom. The van der Waals surface area contributed by atoms with E-state index < -0.39 is 0 Å². The first kappa shape index (κ1) is 9.18. The largest absolute Gasteiger partial charge is 0.325 e. The summed E-state index contributed by atoms with van der Waals surface area (Å²) < 4.78 is 1.66. The molecule has 4 nitrogen and oxygen atoms in total. The molecular formula is C9H9ClN4. The molecule has 14 heavy (non-hydrogen) atoms. The second-order valence-electron chi connectivity index (χ2n) is 2.78. The lowest BCUT2D eigenvalue weighted by Gasteiger charge is -2.05. The Kier molecular flexibility index (Phi) is 2.47. The molecule has 0 fully saturated rings. The second-order valence-corrected chi connectivity index (χ2v) is 3.21. The van der Waals surface area contributed by atoms with Crippen LogP contribution in [0.4, 0.5) is 0 Å². The van der Waals surface area contributed by atoms with Crippen LogP contribution in [0.3, 0.4) is 0 Å². The van der Waals surface area contributed by atoms with Crippen LogP contribution in [0.25, 0.3) is 5.69 Å². The van der Waals surface area contributed by atoms with Gasteiger partial charge in [-0.25, -0.2) is 4.68 Å². The average Bonchev–Trinajstić information content (AvgIpc) is 2.65. The van der Waals surface area contributed by atoms with Gasteiger partial charge < -0.3 is 5.73 Å². The third-order valence-electron chi connectivity index (χ3n) is 1.86. The molecule has 0 aromatic carbocycles. The van der Waals surface area contributed by atoms with E-state index >= 15 is 0 Å². The van der Waals surface area contributed by atoms with Crippen LogP contribution in [0, 0.1) is 0 Å². The van der Waals surface area contributed by atoms with Gasteiger partial charge in [-0.15, -0.1) is 0 Å². The van der Waals surface area contributed by atoms with Gasteiger partial charge in [-0.05, 0) is 12.1 Å². The average molecular weight is 209 g/mol. The molecule has 0 amide bonds. The maximum Gasteiger partial charge on any atom is 0.0874 e. The summed E-state index contributed by atoms with van der Waals surface area (Å²) in [7, 11) is 0. The van der Waals surface area contributed by atoms with Crippen molar-refractivity contribution in [1.29, 1.82) is 0 Å². The molecule has 0 atom stereocenters. The van der Waals surface area contributed by atoms with Crippen molar-refractivity contribution < 1.29 is 0 Å². The summed E-state index contributed by atoms with van der Waals surface area (Å²) in [6.07, 6.45) is 5.00. The summed E-state index contributed by atoms with van der Waals surface area (Å²) >= 11 is 5.77. The van der Waals surface area contributed by atoms with Crippen LogP contribution in [-0.2, 0) is 6.54 Å². The Morgan fingerprint density at radius 3 is 3.00 bits per heavy atom. The summed E-state index contributed by atoms with van der Waals surface area (Å²) in [5.74, 6) is 0. The molecule has 0 saturated heterocycles. The summed E-state index contributed by atoms with van der Waals surface area (Å²) in [5, 5.41) is 4.68. The zero-order chi connectivity index (χ0) is 9.97. The van der Waals surface area contributed by atoms with Gasteiger partial charge >= 0.3 is 0 Å². The molecule has 0 bridgehead atoms. The predicted molar refractivity (Wildman–Crippen MR) is 54.3 cm³/mol.